The number of hydrogen-bond acceptors (Lipinski definition) is 2. The Balaban J connectivity index is 2.30. The molecule has 1 heterocycles. The molecule has 1 rings (SSSR count). The predicted octanol–water partition coefficient (Wildman–Crippen LogP) is 2.81. The third kappa shape index (κ3) is 5.26. The van der Waals surface area contributed by atoms with Crippen molar-refractivity contribution in [1.82, 2.24) is 4.90 Å². The molecule has 0 saturated carbocycles. The van der Waals surface area contributed by atoms with Gasteiger partial charge < -0.3 is 9.64 Å². The van der Waals surface area contributed by atoms with Gasteiger partial charge in [-0.25, -0.2) is 0 Å². The maximum absolute atomic E-state index is 12.0. The molecule has 1 aliphatic rings. The molecule has 1 fully saturated rings. The first kappa shape index (κ1) is 14.8. The molecule has 1 atom stereocenters. The normalized spacial score (nSPS) is 20.6. The molecular weight excluding hydrogens is 238 g/mol. The highest BCUT2D eigenvalue weighted by Gasteiger charge is 2.19. The Morgan fingerprint density at radius 3 is 2.76 bits per heavy atom. The second-order valence-electron chi connectivity index (χ2n) is 4.90. The van der Waals surface area contributed by atoms with Gasteiger partial charge in [0.1, 0.15) is 0 Å². The molecule has 0 bridgehead atoms. The Labute approximate surface area is 109 Å². The fraction of sp³-hybridized carbons (Fsp3) is 0.923. The first-order valence-electron chi connectivity index (χ1n) is 6.62. The minimum atomic E-state index is 0.204. The third-order valence-electron chi connectivity index (χ3n) is 3.22. The smallest absolute Gasteiger partial charge is 0.222 e. The van der Waals surface area contributed by atoms with Crippen LogP contribution in [0.2, 0.25) is 0 Å². The van der Waals surface area contributed by atoms with Crippen molar-refractivity contribution in [2.24, 2.45) is 0 Å². The van der Waals surface area contributed by atoms with Crippen molar-refractivity contribution in [3.63, 3.8) is 0 Å². The number of halogens is 1. The lowest BCUT2D eigenvalue weighted by molar-refractivity contribution is -0.133. The summed E-state index contributed by atoms with van der Waals surface area (Å²) < 4.78 is 5.63. The summed E-state index contributed by atoms with van der Waals surface area (Å²) in [4.78, 5) is 13.9. The van der Waals surface area contributed by atoms with Crippen LogP contribution in [-0.4, -0.2) is 42.0 Å². The van der Waals surface area contributed by atoms with Crippen LogP contribution in [0, 0.1) is 0 Å². The molecule has 0 radical (unpaired) electrons. The highest BCUT2D eigenvalue weighted by molar-refractivity contribution is 6.18. The summed E-state index contributed by atoms with van der Waals surface area (Å²) >= 11 is 5.71. The van der Waals surface area contributed by atoms with Crippen LogP contribution in [0.15, 0.2) is 0 Å². The van der Waals surface area contributed by atoms with Gasteiger partial charge in [-0.05, 0) is 39.5 Å². The molecule has 0 aromatic rings. The number of alkyl halides is 1. The van der Waals surface area contributed by atoms with E-state index in [1.54, 1.807) is 0 Å². The number of carbonyl (C=O) groups excluding carboxylic acids is 1. The fourth-order valence-corrected chi connectivity index (χ4v) is 2.41. The molecule has 3 nitrogen and oxygen atoms in total. The van der Waals surface area contributed by atoms with Crippen molar-refractivity contribution in [2.75, 3.05) is 19.0 Å². The van der Waals surface area contributed by atoms with Crippen LogP contribution in [0.25, 0.3) is 0 Å². The van der Waals surface area contributed by atoms with E-state index >= 15 is 0 Å². The average Bonchev–Trinajstić information content (AvgIpc) is 2.34. The largest absolute Gasteiger partial charge is 0.378 e. The van der Waals surface area contributed by atoms with Crippen LogP contribution in [0.5, 0.6) is 0 Å². The van der Waals surface area contributed by atoms with E-state index in [1.165, 1.54) is 6.42 Å². The highest BCUT2D eigenvalue weighted by Crippen LogP contribution is 2.17. The molecule has 0 N–H and O–H groups in total. The third-order valence-corrected chi connectivity index (χ3v) is 3.39. The quantitative estimate of drug-likeness (QED) is 0.688. The Morgan fingerprint density at radius 2 is 2.24 bits per heavy atom. The van der Waals surface area contributed by atoms with Crippen molar-refractivity contribution in [3.8, 4) is 0 Å². The molecular formula is C13H24ClNO2. The van der Waals surface area contributed by atoms with E-state index in [0.29, 0.717) is 18.8 Å². The van der Waals surface area contributed by atoms with Crippen LogP contribution in [0.1, 0.15) is 46.0 Å². The zero-order valence-electron chi connectivity index (χ0n) is 11.0. The van der Waals surface area contributed by atoms with Crippen LogP contribution in [0.4, 0.5) is 0 Å². The van der Waals surface area contributed by atoms with Crippen LogP contribution in [0.3, 0.4) is 0 Å². The van der Waals surface area contributed by atoms with Gasteiger partial charge in [0.2, 0.25) is 5.91 Å². The van der Waals surface area contributed by atoms with E-state index in [0.717, 1.165) is 25.9 Å². The van der Waals surface area contributed by atoms with E-state index in [2.05, 4.69) is 0 Å². The first-order chi connectivity index (χ1) is 8.15. The molecule has 4 heteroatoms. The first-order valence-corrected chi connectivity index (χ1v) is 7.15. The van der Waals surface area contributed by atoms with E-state index in [-0.39, 0.29) is 18.1 Å². The summed E-state index contributed by atoms with van der Waals surface area (Å²) in [5.41, 5.74) is 0. The van der Waals surface area contributed by atoms with E-state index < -0.39 is 0 Å². The number of hydrogen-bond donors (Lipinski definition) is 0. The minimum Gasteiger partial charge on any atom is -0.378 e. The lowest BCUT2D eigenvalue weighted by atomic mass is 10.0. The topological polar surface area (TPSA) is 29.5 Å². The highest BCUT2D eigenvalue weighted by atomic mass is 35.5. The van der Waals surface area contributed by atoms with Gasteiger partial charge in [-0.3, -0.25) is 4.79 Å². The summed E-state index contributed by atoms with van der Waals surface area (Å²) in [5.74, 6) is 0.707. The van der Waals surface area contributed by atoms with Gasteiger partial charge in [-0.1, -0.05) is 0 Å². The van der Waals surface area contributed by atoms with Crippen LogP contribution in [-0.2, 0) is 9.53 Å². The molecule has 100 valence electrons. The van der Waals surface area contributed by atoms with Crippen molar-refractivity contribution < 1.29 is 9.53 Å². The molecule has 0 spiro atoms. The van der Waals surface area contributed by atoms with Crippen LogP contribution >= 0.6 is 11.6 Å². The van der Waals surface area contributed by atoms with E-state index in [4.69, 9.17) is 16.3 Å². The SMILES string of the molecule is CC(C)N(CCCl)C(=O)CCC1CCCCO1. The Morgan fingerprint density at radius 1 is 1.47 bits per heavy atom. The van der Waals surface area contributed by atoms with Crippen molar-refractivity contribution in [3.05, 3.63) is 0 Å². The van der Waals surface area contributed by atoms with Gasteiger partial charge in [0.25, 0.3) is 0 Å². The summed E-state index contributed by atoms with van der Waals surface area (Å²) in [6.07, 6.45) is 5.22. The number of ether oxygens (including phenoxy) is 1. The van der Waals surface area contributed by atoms with Gasteiger partial charge in [-0.2, -0.15) is 0 Å². The average molecular weight is 262 g/mol. The lowest BCUT2D eigenvalue weighted by Gasteiger charge is -2.27. The molecule has 1 saturated heterocycles. The molecule has 0 aromatic heterocycles. The van der Waals surface area contributed by atoms with Crippen molar-refractivity contribution in [2.45, 2.75) is 58.1 Å². The molecule has 1 amide bonds. The molecule has 17 heavy (non-hydrogen) atoms. The zero-order valence-corrected chi connectivity index (χ0v) is 11.7. The van der Waals surface area contributed by atoms with Crippen LogP contribution < -0.4 is 0 Å². The number of nitrogens with zero attached hydrogens (tertiary/aromatic N) is 1. The Bertz CT molecular complexity index is 227. The zero-order chi connectivity index (χ0) is 12.7. The maximum atomic E-state index is 12.0. The maximum Gasteiger partial charge on any atom is 0.222 e. The lowest BCUT2D eigenvalue weighted by Crippen LogP contribution is -2.38. The molecule has 0 aliphatic carbocycles. The van der Waals surface area contributed by atoms with E-state index in [1.807, 2.05) is 18.7 Å². The molecule has 1 unspecified atom stereocenters. The molecule has 1 aliphatic heterocycles. The Kier molecular flexibility index (Phi) is 6.90. The van der Waals surface area contributed by atoms with Gasteiger partial charge in [0, 0.05) is 31.5 Å². The Hall–Kier alpha value is -0.280. The second-order valence-corrected chi connectivity index (χ2v) is 5.28. The van der Waals surface area contributed by atoms with Gasteiger partial charge in [-0.15, -0.1) is 11.6 Å². The number of amides is 1. The summed E-state index contributed by atoms with van der Waals surface area (Å²) in [5, 5.41) is 0. The van der Waals surface area contributed by atoms with Gasteiger partial charge >= 0.3 is 0 Å². The summed E-state index contributed by atoms with van der Waals surface area (Å²) in [6, 6.07) is 0.230. The monoisotopic (exact) mass is 261 g/mol. The number of carbonyl (C=O) groups is 1. The predicted molar refractivity (Wildman–Crippen MR) is 70.4 cm³/mol. The minimum absolute atomic E-state index is 0.204. The van der Waals surface area contributed by atoms with Gasteiger partial charge in [0.05, 0.1) is 6.10 Å². The summed E-state index contributed by atoms with van der Waals surface area (Å²) in [6.45, 7) is 5.56. The summed E-state index contributed by atoms with van der Waals surface area (Å²) in [7, 11) is 0. The van der Waals surface area contributed by atoms with E-state index in [9.17, 15) is 4.79 Å². The van der Waals surface area contributed by atoms with Crippen molar-refractivity contribution >= 4 is 17.5 Å². The van der Waals surface area contributed by atoms with Crippen molar-refractivity contribution in [1.29, 1.82) is 0 Å². The van der Waals surface area contributed by atoms with Gasteiger partial charge in [0.15, 0.2) is 0 Å². The fourth-order valence-electron chi connectivity index (χ4n) is 2.23. The second kappa shape index (κ2) is 7.93. The standard InChI is InChI=1S/C13H24ClNO2/c1-11(2)15(9-8-14)13(16)7-6-12-5-3-4-10-17-12/h11-12H,3-10H2,1-2H3. The number of rotatable bonds is 6. The molecule has 0 aromatic carbocycles.